The van der Waals surface area contributed by atoms with Crippen molar-refractivity contribution in [3.63, 3.8) is 0 Å². The van der Waals surface area contributed by atoms with E-state index in [1.54, 1.807) is 18.1 Å². The number of fused-ring (bicyclic) bond motifs is 1. The molecule has 3 N–H and O–H groups in total. The van der Waals surface area contributed by atoms with Crippen LogP contribution in [0, 0.1) is 0 Å². The highest BCUT2D eigenvalue weighted by molar-refractivity contribution is 7.20. The van der Waals surface area contributed by atoms with E-state index in [4.69, 9.17) is 0 Å². The number of nitrogens with zero attached hydrogens (tertiary/aromatic N) is 4. The van der Waals surface area contributed by atoms with Gasteiger partial charge in [0.15, 0.2) is 5.82 Å². The molecule has 0 aliphatic carbocycles. The second-order valence-corrected chi connectivity index (χ2v) is 10.0. The highest BCUT2D eigenvalue weighted by Crippen LogP contribution is 2.29. The fraction of sp³-hybridized carbons (Fsp3) is 0.269. The number of amides is 2. The van der Waals surface area contributed by atoms with Crippen molar-refractivity contribution in [1.29, 1.82) is 0 Å². The molecule has 9 nitrogen and oxygen atoms in total. The normalized spacial score (nSPS) is 14.6. The molecule has 3 heterocycles. The first-order valence-corrected chi connectivity index (χ1v) is 12.7. The van der Waals surface area contributed by atoms with Crippen LogP contribution in [0.3, 0.4) is 0 Å². The lowest BCUT2D eigenvalue weighted by atomic mass is 10.1. The predicted molar refractivity (Wildman–Crippen MR) is 143 cm³/mol. The summed E-state index contributed by atoms with van der Waals surface area (Å²) in [5.74, 6) is -0.0667. The van der Waals surface area contributed by atoms with Gasteiger partial charge >= 0.3 is 0 Å². The van der Waals surface area contributed by atoms with Crippen LogP contribution in [0.25, 0.3) is 10.2 Å². The van der Waals surface area contributed by atoms with E-state index in [9.17, 15) is 9.59 Å². The minimum absolute atomic E-state index is 0.232. The molecule has 186 valence electrons. The van der Waals surface area contributed by atoms with E-state index in [0.29, 0.717) is 21.6 Å². The maximum absolute atomic E-state index is 12.9. The van der Waals surface area contributed by atoms with Crippen LogP contribution in [0.1, 0.15) is 25.6 Å². The monoisotopic (exact) mass is 503 g/mol. The molecule has 2 aromatic carbocycles. The number of aromatic nitrogens is 2. The Kier molecular flexibility index (Phi) is 6.99. The minimum atomic E-state index is -0.240. The molecule has 36 heavy (non-hydrogen) atoms. The van der Waals surface area contributed by atoms with Crippen molar-refractivity contribution in [2.24, 2.45) is 0 Å². The van der Waals surface area contributed by atoms with E-state index in [0.717, 1.165) is 43.2 Å². The number of rotatable bonds is 7. The fourth-order valence-electron chi connectivity index (χ4n) is 4.15. The Balaban J connectivity index is 1.22. The molecule has 1 saturated heterocycles. The molecule has 1 aliphatic rings. The van der Waals surface area contributed by atoms with Crippen LogP contribution in [0.15, 0.2) is 60.7 Å². The Bertz CT molecular complexity index is 1340. The number of hydrogen-bond donors (Lipinski definition) is 3. The van der Waals surface area contributed by atoms with Crippen LogP contribution < -0.4 is 15.8 Å². The number of H-pyrrole nitrogens is 1. The van der Waals surface area contributed by atoms with Gasteiger partial charge in [0.05, 0.1) is 16.0 Å². The van der Waals surface area contributed by atoms with Gasteiger partial charge < -0.3 is 10.2 Å². The van der Waals surface area contributed by atoms with Gasteiger partial charge in [-0.15, -0.1) is 11.3 Å². The number of piperazine rings is 1. The number of anilines is 2. The Morgan fingerprint density at radius 3 is 2.47 bits per heavy atom. The van der Waals surface area contributed by atoms with Crippen LogP contribution in [0.2, 0.25) is 0 Å². The van der Waals surface area contributed by atoms with Gasteiger partial charge in [-0.05, 0) is 42.9 Å². The molecule has 2 amide bonds. The van der Waals surface area contributed by atoms with E-state index in [-0.39, 0.29) is 11.8 Å². The summed E-state index contributed by atoms with van der Waals surface area (Å²) in [6, 6.07) is 19.0. The Labute approximate surface area is 213 Å². The zero-order valence-electron chi connectivity index (χ0n) is 20.3. The maximum Gasteiger partial charge on any atom is 0.279 e. The van der Waals surface area contributed by atoms with Crippen LogP contribution >= 0.6 is 11.3 Å². The maximum atomic E-state index is 12.9. The number of benzene rings is 2. The zero-order chi connectivity index (χ0) is 25.1. The van der Waals surface area contributed by atoms with Crippen molar-refractivity contribution in [2.75, 3.05) is 50.6 Å². The summed E-state index contributed by atoms with van der Waals surface area (Å²) in [6.07, 6.45) is 0. The number of para-hydroxylation sites is 1. The number of carbonyl (C=O) groups is 2. The largest absolute Gasteiger partial charge is 0.305 e. The summed E-state index contributed by atoms with van der Waals surface area (Å²) >= 11 is 1.29. The van der Waals surface area contributed by atoms with Crippen molar-refractivity contribution in [3.05, 3.63) is 76.7 Å². The van der Waals surface area contributed by atoms with Crippen LogP contribution in [-0.4, -0.2) is 72.1 Å². The molecular formula is C26H29N7O2S. The average molecular weight is 504 g/mol. The van der Waals surface area contributed by atoms with Crippen LogP contribution in [0.5, 0.6) is 0 Å². The Morgan fingerprint density at radius 1 is 1.03 bits per heavy atom. The van der Waals surface area contributed by atoms with Gasteiger partial charge in [-0.25, -0.2) is 0 Å². The first-order chi connectivity index (χ1) is 17.5. The second kappa shape index (κ2) is 10.5. The summed E-state index contributed by atoms with van der Waals surface area (Å²) in [7, 11) is 3.93. The van der Waals surface area contributed by atoms with E-state index < -0.39 is 0 Å². The zero-order valence-corrected chi connectivity index (χ0v) is 21.1. The molecule has 4 aromatic rings. The highest BCUT2D eigenvalue weighted by atomic mass is 32.1. The van der Waals surface area contributed by atoms with E-state index >= 15 is 0 Å². The quantitative estimate of drug-likeness (QED) is 0.335. The number of nitrogens with one attached hydrogen (secondary N) is 3. The third kappa shape index (κ3) is 5.40. The minimum Gasteiger partial charge on any atom is -0.305 e. The van der Waals surface area contributed by atoms with E-state index in [1.165, 1.54) is 16.9 Å². The van der Waals surface area contributed by atoms with Gasteiger partial charge in [0.2, 0.25) is 0 Å². The lowest BCUT2D eigenvalue weighted by Gasteiger charge is -2.32. The van der Waals surface area contributed by atoms with Crippen molar-refractivity contribution in [3.8, 4) is 0 Å². The summed E-state index contributed by atoms with van der Waals surface area (Å²) < 4.78 is 0. The first kappa shape index (κ1) is 24.0. The van der Waals surface area contributed by atoms with Crippen LogP contribution in [-0.2, 0) is 6.54 Å². The van der Waals surface area contributed by atoms with Crippen molar-refractivity contribution >= 4 is 44.9 Å². The highest BCUT2D eigenvalue weighted by Gasteiger charge is 2.19. The number of aromatic amines is 1. The lowest BCUT2D eigenvalue weighted by Crippen LogP contribution is -2.43. The molecule has 0 bridgehead atoms. The van der Waals surface area contributed by atoms with E-state index in [1.807, 2.05) is 54.6 Å². The average Bonchev–Trinajstić information content (AvgIpc) is 3.48. The Morgan fingerprint density at radius 2 is 1.75 bits per heavy atom. The molecule has 0 radical (unpaired) electrons. The number of hydrogen-bond acceptors (Lipinski definition) is 7. The smallest absolute Gasteiger partial charge is 0.279 e. The van der Waals surface area contributed by atoms with Crippen molar-refractivity contribution < 1.29 is 9.59 Å². The molecule has 0 atom stereocenters. The summed E-state index contributed by atoms with van der Waals surface area (Å²) in [6.45, 7) is 5.14. The fourth-order valence-corrected chi connectivity index (χ4v) is 5.04. The second-order valence-electron chi connectivity index (χ2n) is 8.99. The van der Waals surface area contributed by atoms with Gasteiger partial charge in [-0.3, -0.25) is 30.0 Å². The standard InChI is InChI=1S/C26H29N7O2S/c1-31-12-14-33(15-13-31)17-18-8-10-19(11-9-18)24(34)27-23-21-16-22(36-26(21)29-28-23)25(35)30-32(2)20-6-4-3-5-7-20/h3-11,16H,12-15,17H2,1-2H3,(H,30,35)(H2,27,28,29,34). The summed E-state index contributed by atoms with van der Waals surface area (Å²) in [5, 5.41) is 12.4. The first-order valence-electron chi connectivity index (χ1n) is 11.8. The van der Waals surface area contributed by atoms with Crippen molar-refractivity contribution in [2.45, 2.75) is 6.54 Å². The lowest BCUT2D eigenvalue weighted by molar-refractivity contribution is 0.0954. The van der Waals surface area contributed by atoms with Gasteiger partial charge in [0, 0.05) is 45.3 Å². The topological polar surface area (TPSA) is 96.6 Å². The molecule has 1 fully saturated rings. The van der Waals surface area contributed by atoms with E-state index in [2.05, 4.69) is 37.8 Å². The number of thiophene rings is 1. The summed E-state index contributed by atoms with van der Waals surface area (Å²) in [4.78, 5) is 31.6. The van der Waals surface area contributed by atoms with Gasteiger partial charge in [0.1, 0.15) is 4.83 Å². The third-order valence-corrected chi connectivity index (χ3v) is 7.38. The summed E-state index contributed by atoms with van der Waals surface area (Å²) in [5.41, 5.74) is 5.48. The van der Waals surface area contributed by atoms with Crippen LogP contribution in [0.4, 0.5) is 11.5 Å². The molecule has 0 saturated carbocycles. The molecular weight excluding hydrogens is 474 g/mol. The number of likely N-dealkylation sites (N-methyl/N-ethyl adjacent to an activating group) is 1. The van der Waals surface area contributed by atoms with Gasteiger partial charge in [0.25, 0.3) is 11.8 Å². The van der Waals surface area contributed by atoms with Crippen molar-refractivity contribution in [1.82, 2.24) is 25.4 Å². The molecule has 0 unspecified atom stereocenters. The molecule has 1 aliphatic heterocycles. The number of carbonyl (C=O) groups excluding carboxylic acids is 2. The molecule has 0 spiro atoms. The molecule has 10 heteroatoms. The molecule has 5 rings (SSSR count). The van der Waals surface area contributed by atoms with Gasteiger partial charge in [-0.1, -0.05) is 30.3 Å². The Hall–Kier alpha value is -3.73. The molecule has 2 aromatic heterocycles. The SMILES string of the molecule is CN1CCN(Cc2ccc(C(=O)Nc3n[nH]c4sc(C(=O)NN(C)c5ccccc5)cc34)cc2)CC1. The predicted octanol–water partition coefficient (Wildman–Crippen LogP) is 3.41. The van der Waals surface area contributed by atoms with Gasteiger partial charge in [-0.2, -0.15) is 5.10 Å². The third-order valence-electron chi connectivity index (χ3n) is 6.34. The number of hydrazine groups is 1.